The highest BCUT2D eigenvalue weighted by atomic mass is 19.4. The topological polar surface area (TPSA) is 77.2 Å². The van der Waals surface area contributed by atoms with Crippen LogP contribution < -0.4 is 10.1 Å². The second-order valence-electron chi connectivity index (χ2n) is 5.50. The summed E-state index contributed by atoms with van der Waals surface area (Å²) in [5.41, 5.74) is 1.47. The lowest BCUT2D eigenvalue weighted by molar-refractivity contribution is -0.159. The van der Waals surface area contributed by atoms with Gasteiger partial charge < -0.3 is 14.6 Å². The summed E-state index contributed by atoms with van der Waals surface area (Å²) in [6, 6.07) is 13.0. The molecule has 1 heterocycles. The van der Waals surface area contributed by atoms with Crippen molar-refractivity contribution in [3.05, 3.63) is 60.0 Å². The fourth-order valence-electron chi connectivity index (χ4n) is 2.25. The Morgan fingerprint density at radius 1 is 1.11 bits per heavy atom. The molecule has 0 aliphatic heterocycles. The average molecular weight is 377 g/mol. The molecule has 0 saturated carbocycles. The van der Waals surface area contributed by atoms with Crippen LogP contribution in [0.2, 0.25) is 0 Å². The highest BCUT2D eigenvalue weighted by molar-refractivity contribution is 5.99. The number of hydrogen-bond acceptors (Lipinski definition) is 6. The summed E-state index contributed by atoms with van der Waals surface area (Å²) >= 11 is 0. The number of halogens is 3. The number of alkyl halides is 3. The van der Waals surface area contributed by atoms with E-state index in [1.165, 1.54) is 24.3 Å². The van der Waals surface area contributed by atoms with Crippen LogP contribution >= 0.6 is 0 Å². The number of Topliss-reactive ketones (excluding diaryl/α,β-unsaturated/α-hetero) is 1. The quantitative estimate of drug-likeness (QED) is 0.653. The molecular formula is C18H14F3N3O3. The van der Waals surface area contributed by atoms with E-state index in [0.717, 1.165) is 5.69 Å². The number of anilines is 1. The van der Waals surface area contributed by atoms with Crippen molar-refractivity contribution in [3.63, 3.8) is 0 Å². The fourth-order valence-corrected chi connectivity index (χ4v) is 2.25. The van der Waals surface area contributed by atoms with Crippen LogP contribution in [0.1, 0.15) is 16.2 Å². The summed E-state index contributed by atoms with van der Waals surface area (Å²) in [7, 11) is 1.56. The van der Waals surface area contributed by atoms with E-state index >= 15 is 0 Å². The van der Waals surface area contributed by atoms with Crippen molar-refractivity contribution >= 4 is 11.5 Å². The Morgan fingerprint density at radius 3 is 2.33 bits per heavy atom. The van der Waals surface area contributed by atoms with Crippen molar-refractivity contribution in [2.75, 3.05) is 19.0 Å². The molecule has 0 unspecified atom stereocenters. The molecule has 0 aliphatic rings. The molecule has 0 fully saturated rings. The molecule has 0 atom stereocenters. The molecule has 2 aromatic carbocycles. The van der Waals surface area contributed by atoms with Crippen LogP contribution in [0, 0.1) is 0 Å². The van der Waals surface area contributed by atoms with Crippen LogP contribution in [0.4, 0.5) is 18.9 Å². The van der Waals surface area contributed by atoms with Crippen LogP contribution in [0.3, 0.4) is 0 Å². The summed E-state index contributed by atoms with van der Waals surface area (Å²) in [4.78, 5) is 15.5. The molecule has 27 heavy (non-hydrogen) atoms. The second-order valence-corrected chi connectivity index (χ2v) is 5.50. The number of carbonyl (C=O) groups is 1. The van der Waals surface area contributed by atoms with Gasteiger partial charge in [0, 0.05) is 16.8 Å². The Kier molecular flexibility index (Phi) is 5.11. The monoisotopic (exact) mass is 377 g/mol. The zero-order valence-corrected chi connectivity index (χ0v) is 14.1. The van der Waals surface area contributed by atoms with E-state index in [0.29, 0.717) is 16.9 Å². The van der Waals surface area contributed by atoms with E-state index in [9.17, 15) is 18.0 Å². The van der Waals surface area contributed by atoms with Crippen molar-refractivity contribution in [3.8, 4) is 17.1 Å². The minimum absolute atomic E-state index is 0.0616. The number of ketones is 1. The van der Waals surface area contributed by atoms with Crippen molar-refractivity contribution in [2.24, 2.45) is 0 Å². The molecular weight excluding hydrogens is 363 g/mol. The van der Waals surface area contributed by atoms with Gasteiger partial charge in [0.1, 0.15) is 5.75 Å². The Morgan fingerprint density at radius 2 is 1.78 bits per heavy atom. The second kappa shape index (κ2) is 7.48. The number of hydrogen-bond donors (Lipinski definition) is 1. The molecule has 9 heteroatoms. The Labute approximate surface area is 152 Å². The predicted octanol–water partition coefficient (Wildman–Crippen LogP) is 4.06. The minimum atomic E-state index is -4.70. The molecule has 1 N–H and O–H groups in total. The SMILES string of the molecule is COc1ccc(NCC(=O)c2ccc(-c3noc(C(F)(F)F)n3)cc2)cc1. The molecule has 0 amide bonds. The summed E-state index contributed by atoms with van der Waals surface area (Å²) in [6.07, 6.45) is -4.70. The lowest BCUT2D eigenvalue weighted by Crippen LogP contribution is -2.13. The molecule has 0 spiro atoms. The lowest BCUT2D eigenvalue weighted by Gasteiger charge is -2.07. The number of nitrogens with zero attached hydrogens (tertiary/aromatic N) is 2. The van der Waals surface area contributed by atoms with E-state index in [-0.39, 0.29) is 18.2 Å². The van der Waals surface area contributed by atoms with Crippen molar-refractivity contribution in [1.82, 2.24) is 10.1 Å². The standard InChI is InChI=1S/C18H14F3N3O3/c1-26-14-8-6-13(7-9-14)22-10-15(25)11-2-4-12(5-3-11)16-23-17(27-24-16)18(19,20)21/h2-9,22H,10H2,1H3. The first kappa shape index (κ1) is 18.4. The fraction of sp³-hybridized carbons (Fsp3) is 0.167. The maximum absolute atomic E-state index is 12.5. The van der Waals surface area contributed by atoms with Gasteiger partial charge in [0.05, 0.1) is 13.7 Å². The Bertz CT molecular complexity index is 920. The van der Waals surface area contributed by atoms with Gasteiger partial charge in [0.15, 0.2) is 5.78 Å². The zero-order valence-electron chi connectivity index (χ0n) is 14.1. The number of carbonyl (C=O) groups excluding carboxylic acids is 1. The van der Waals surface area contributed by atoms with Crippen LogP contribution in [-0.2, 0) is 6.18 Å². The van der Waals surface area contributed by atoms with E-state index in [1.807, 2.05) is 0 Å². The van der Waals surface area contributed by atoms with Crippen LogP contribution in [0.15, 0.2) is 53.1 Å². The van der Waals surface area contributed by atoms with Gasteiger partial charge in [0.25, 0.3) is 0 Å². The third-order valence-electron chi connectivity index (χ3n) is 3.68. The number of rotatable bonds is 6. The van der Waals surface area contributed by atoms with Crippen molar-refractivity contribution in [2.45, 2.75) is 6.18 Å². The Hall–Kier alpha value is -3.36. The molecule has 6 nitrogen and oxygen atoms in total. The van der Waals surface area contributed by atoms with Gasteiger partial charge in [-0.15, -0.1) is 0 Å². The van der Waals surface area contributed by atoms with Gasteiger partial charge in [-0.1, -0.05) is 29.4 Å². The predicted molar refractivity (Wildman–Crippen MR) is 90.6 cm³/mol. The zero-order chi connectivity index (χ0) is 19.4. The number of aromatic nitrogens is 2. The van der Waals surface area contributed by atoms with E-state index < -0.39 is 12.1 Å². The third kappa shape index (κ3) is 4.43. The first-order chi connectivity index (χ1) is 12.9. The molecule has 3 rings (SSSR count). The maximum atomic E-state index is 12.5. The van der Waals surface area contributed by atoms with E-state index in [2.05, 4.69) is 20.0 Å². The van der Waals surface area contributed by atoms with E-state index in [1.54, 1.807) is 31.4 Å². The summed E-state index contributed by atoms with van der Waals surface area (Å²) in [6.45, 7) is 0.0616. The normalized spacial score (nSPS) is 11.3. The molecule has 140 valence electrons. The summed E-state index contributed by atoms with van der Waals surface area (Å²) in [5, 5.41) is 6.29. The Balaban J connectivity index is 1.63. The maximum Gasteiger partial charge on any atom is 0.471 e. The van der Waals surface area contributed by atoms with Gasteiger partial charge in [-0.3, -0.25) is 4.79 Å². The number of benzene rings is 2. The van der Waals surface area contributed by atoms with Gasteiger partial charge in [-0.2, -0.15) is 18.2 Å². The lowest BCUT2D eigenvalue weighted by atomic mass is 10.1. The van der Waals surface area contributed by atoms with Gasteiger partial charge >= 0.3 is 12.1 Å². The first-order valence-electron chi connectivity index (χ1n) is 7.79. The number of methoxy groups -OCH3 is 1. The largest absolute Gasteiger partial charge is 0.497 e. The molecule has 0 radical (unpaired) electrons. The minimum Gasteiger partial charge on any atom is -0.497 e. The number of ether oxygens (including phenoxy) is 1. The molecule has 0 aliphatic carbocycles. The van der Waals surface area contributed by atoms with Crippen LogP contribution in [0.5, 0.6) is 5.75 Å². The highest BCUT2D eigenvalue weighted by Crippen LogP contribution is 2.29. The summed E-state index contributed by atoms with van der Waals surface area (Å²) < 4.78 is 46.7. The molecule has 0 saturated heterocycles. The van der Waals surface area contributed by atoms with Gasteiger partial charge in [0.2, 0.25) is 5.82 Å². The van der Waals surface area contributed by atoms with Gasteiger partial charge in [-0.05, 0) is 24.3 Å². The molecule has 0 bridgehead atoms. The highest BCUT2D eigenvalue weighted by Gasteiger charge is 2.38. The smallest absolute Gasteiger partial charge is 0.471 e. The van der Waals surface area contributed by atoms with Gasteiger partial charge in [-0.25, -0.2) is 0 Å². The molecule has 1 aromatic heterocycles. The van der Waals surface area contributed by atoms with Crippen molar-refractivity contribution < 1.29 is 27.2 Å². The van der Waals surface area contributed by atoms with Crippen LogP contribution in [0.25, 0.3) is 11.4 Å². The average Bonchev–Trinajstić information content (AvgIpc) is 3.17. The number of nitrogens with one attached hydrogen (secondary N) is 1. The third-order valence-corrected chi connectivity index (χ3v) is 3.68. The van der Waals surface area contributed by atoms with Crippen molar-refractivity contribution in [1.29, 1.82) is 0 Å². The first-order valence-corrected chi connectivity index (χ1v) is 7.79. The van der Waals surface area contributed by atoms with Crippen LogP contribution in [-0.4, -0.2) is 29.6 Å². The molecule has 3 aromatic rings. The van der Waals surface area contributed by atoms with E-state index in [4.69, 9.17) is 4.74 Å². The summed E-state index contributed by atoms with van der Waals surface area (Å²) in [5.74, 6) is -1.09.